The number of aliphatic hydroxyl groups excluding tert-OH is 1. The summed E-state index contributed by atoms with van der Waals surface area (Å²) in [5.41, 5.74) is 5.17. The van der Waals surface area contributed by atoms with E-state index in [1.807, 2.05) is 48.5 Å². The van der Waals surface area contributed by atoms with Gasteiger partial charge >= 0.3 is 0 Å². The first kappa shape index (κ1) is 16.0. The van der Waals surface area contributed by atoms with Crippen molar-refractivity contribution >= 4 is 5.69 Å². The monoisotopic (exact) mass is 320 g/mol. The molecule has 4 heteroatoms. The Morgan fingerprint density at radius 3 is 2.58 bits per heavy atom. The van der Waals surface area contributed by atoms with Gasteiger partial charge in [-0.2, -0.15) is 0 Å². The molecule has 0 aliphatic carbocycles. The molecule has 24 heavy (non-hydrogen) atoms. The van der Waals surface area contributed by atoms with Crippen LogP contribution in [0.15, 0.2) is 67.0 Å². The predicted molar refractivity (Wildman–Crippen MR) is 95.9 cm³/mol. The average Bonchev–Trinajstić information content (AvgIpc) is 2.67. The maximum Gasteiger partial charge on any atom is 0.123 e. The molecule has 122 valence electrons. The van der Waals surface area contributed by atoms with E-state index in [-0.39, 0.29) is 6.61 Å². The van der Waals surface area contributed by atoms with E-state index in [1.54, 1.807) is 19.5 Å². The number of pyridine rings is 1. The van der Waals surface area contributed by atoms with E-state index in [2.05, 4.69) is 16.4 Å². The van der Waals surface area contributed by atoms with E-state index >= 15 is 0 Å². The molecule has 0 saturated heterocycles. The van der Waals surface area contributed by atoms with Gasteiger partial charge in [-0.15, -0.1) is 0 Å². The van der Waals surface area contributed by atoms with E-state index in [4.69, 9.17) is 4.74 Å². The lowest BCUT2D eigenvalue weighted by Crippen LogP contribution is -2.02. The Morgan fingerprint density at radius 1 is 1.00 bits per heavy atom. The molecule has 0 amide bonds. The minimum Gasteiger partial charge on any atom is -0.496 e. The van der Waals surface area contributed by atoms with Gasteiger partial charge in [-0.25, -0.2) is 0 Å². The molecule has 3 rings (SSSR count). The zero-order chi connectivity index (χ0) is 16.8. The van der Waals surface area contributed by atoms with Crippen molar-refractivity contribution in [3.05, 3.63) is 78.1 Å². The summed E-state index contributed by atoms with van der Waals surface area (Å²) in [6.45, 7) is 0.674. The molecule has 4 nitrogen and oxygen atoms in total. The van der Waals surface area contributed by atoms with Crippen molar-refractivity contribution in [3.8, 4) is 16.9 Å². The number of aliphatic hydroxyl groups is 1. The van der Waals surface area contributed by atoms with Gasteiger partial charge in [0.1, 0.15) is 5.75 Å². The van der Waals surface area contributed by atoms with Crippen molar-refractivity contribution in [2.24, 2.45) is 0 Å². The zero-order valence-corrected chi connectivity index (χ0v) is 13.6. The van der Waals surface area contributed by atoms with Gasteiger partial charge in [0, 0.05) is 30.2 Å². The second-order valence-electron chi connectivity index (χ2n) is 5.47. The summed E-state index contributed by atoms with van der Waals surface area (Å²) in [5, 5.41) is 12.6. The number of anilines is 1. The van der Waals surface area contributed by atoms with Gasteiger partial charge in [-0.1, -0.05) is 18.2 Å². The second-order valence-corrected chi connectivity index (χ2v) is 5.47. The van der Waals surface area contributed by atoms with Gasteiger partial charge < -0.3 is 15.2 Å². The minimum atomic E-state index is 0.0381. The molecule has 0 spiro atoms. The average molecular weight is 320 g/mol. The van der Waals surface area contributed by atoms with Crippen LogP contribution in [0.25, 0.3) is 11.1 Å². The number of aromatic nitrogens is 1. The normalized spacial score (nSPS) is 10.4. The molecule has 0 fully saturated rings. The van der Waals surface area contributed by atoms with Crippen LogP contribution >= 0.6 is 0 Å². The van der Waals surface area contributed by atoms with Gasteiger partial charge in [0.05, 0.1) is 13.7 Å². The molecule has 0 radical (unpaired) electrons. The van der Waals surface area contributed by atoms with Gasteiger partial charge in [-0.3, -0.25) is 4.98 Å². The molecule has 1 aromatic heterocycles. The van der Waals surface area contributed by atoms with E-state index in [1.165, 1.54) is 0 Å². The van der Waals surface area contributed by atoms with Gasteiger partial charge in [0.25, 0.3) is 0 Å². The van der Waals surface area contributed by atoms with E-state index < -0.39 is 0 Å². The molecule has 0 aliphatic heterocycles. The van der Waals surface area contributed by atoms with E-state index in [9.17, 15) is 5.11 Å². The number of benzene rings is 2. The standard InChI is InChI=1S/C20H20N2O2/c1-24-20-6-5-17(16-7-9-21-10-8-16)12-18(20)13-22-19-4-2-3-15(11-19)14-23/h2-12,22-23H,13-14H2,1H3. The third-order valence-electron chi connectivity index (χ3n) is 3.89. The number of ether oxygens (including phenoxy) is 1. The number of nitrogens with one attached hydrogen (secondary N) is 1. The molecule has 0 aliphatic rings. The van der Waals surface area contributed by atoms with Crippen molar-refractivity contribution in [2.45, 2.75) is 13.2 Å². The van der Waals surface area contributed by atoms with Crippen LogP contribution in [0, 0.1) is 0 Å². The highest BCUT2D eigenvalue weighted by Crippen LogP contribution is 2.27. The first-order chi connectivity index (χ1) is 11.8. The predicted octanol–water partition coefficient (Wildman–Crippen LogP) is 3.86. The fourth-order valence-corrected chi connectivity index (χ4v) is 2.62. The van der Waals surface area contributed by atoms with Crippen LogP contribution in [0.3, 0.4) is 0 Å². The fraction of sp³-hybridized carbons (Fsp3) is 0.150. The quantitative estimate of drug-likeness (QED) is 0.724. The number of rotatable bonds is 6. The molecule has 2 aromatic carbocycles. The Balaban J connectivity index is 1.83. The van der Waals surface area contributed by atoms with Crippen LogP contribution in [0.1, 0.15) is 11.1 Å². The highest BCUT2D eigenvalue weighted by molar-refractivity contribution is 5.65. The van der Waals surface area contributed by atoms with E-state index in [0.29, 0.717) is 6.54 Å². The van der Waals surface area contributed by atoms with Crippen LogP contribution in [0.4, 0.5) is 5.69 Å². The van der Waals surface area contributed by atoms with Crippen molar-refractivity contribution in [2.75, 3.05) is 12.4 Å². The van der Waals surface area contributed by atoms with Gasteiger partial charge in [0.15, 0.2) is 0 Å². The van der Waals surface area contributed by atoms with Crippen LogP contribution in [0.5, 0.6) is 5.75 Å². The summed E-state index contributed by atoms with van der Waals surface area (Å²) >= 11 is 0. The Kier molecular flexibility index (Phi) is 5.08. The van der Waals surface area contributed by atoms with Crippen molar-refractivity contribution in [3.63, 3.8) is 0 Å². The Labute approximate surface area is 141 Å². The zero-order valence-electron chi connectivity index (χ0n) is 13.6. The SMILES string of the molecule is COc1ccc(-c2ccncc2)cc1CNc1cccc(CO)c1. The molecule has 0 atom stereocenters. The Bertz CT molecular complexity index is 804. The van der Waals surface area contributed by atoms with Crippen molar-refractivity contribution in [1.82, 2.24) is 4.98 Å². The van der Waals surface area contributed by atoms with Gasteiger partial charge in [-0.05, 0) is 53.1 Å². The highest BCUT2D eigenvalue weighted by atomic mass is 16.5. The molecule has 0 unspecified atom stereocenters. The first-order valence-electron chi connectivity index (χ1n) is 7.81. The molecule has 1 heterocycles. The summed E-state index contributed by atoms with van der Waals surface area (Å²) in [7, 11) is 1.68. The molecule has 2 N–H and O–H groups in total. The topological polar surface area (TPSA) is 54.4 Å². The van der Waals surface area contributed by atoms with E-state index in [0.717, 1.165) is 33.7 Å². The Morgan fingerprint density at radius 2 is 1.83 bits per heavy atom. The highest BCUT2D eigenvalue weighted by Gasteiger charge is 2.06. The number of hydrogen-bond donors (Lipinski definition) is 2. The molecule has 0 bridgehead atoms. The minimum absolute atomic E-state index is 0.0381. The maximum absolute atomic E-state index is 9.24. The molecule has 0 saturated carbocycles. The summed E-state index contributed by atoms with van der Waals surface area (Å²) in [6.07, 6.45) is 3.58. The summed E-state index contributed by atoms with van der Waals surface area (Å²) in [4.78, 5) is 4.06. The second kappa shape index (κ2) is 7.62. The number of hydrogen-bond acceptors (Lipinski definition) is 4. The lowest BCUT2D eigenvalue weighted by molar-refractivity contribution is 0.282. The van der Waals surface area contributed by atoms with Crippen LogP contribution < -0.4 is 10.1 Å². The summed E-state index contributed by atoms with van der Waals surface area (Å²) < 4.78 is 5.48. The third kappa shape index (κ3) is 3.73. The summed E-state index contributed by atoms with van der Waals surface area (Å²) in [5.74, 6) is 0.846. The lowest BCUT2D eigenvalue weighted by atomic mass is 10.0. The molecular formula is C20H20N2O2. The lowest BCUT2D eigenvalue weighted by Gasteiger charge is -2.13. The third-order valence-corrected chi connectivity index (χ3v) is 3.89. The largest absolute Gasteiger partial charge is 0.496 e. The molecular weight excluding hydrogens is 300 g/mol. The van der Waals surface area contributed by atoms with Crippen LogP contribution in [-0.4, -0.2) is 17.2 Å². The molecule has 3 aromatic rings. The number of nitrogens with zero attached hydrogens (tertiary/aromatic N) is 1. The first-order valence-corrected chi connectivity index (χ1v) is 7.81. The van der Waals surface area contributed by atoms with Crippen molar-refractivity contribution in [1.29, 1.82) is 0 Å². The van der Waals surface area contributed by atoms with Crippen molar-refractivity contribution < 1.29 is 9.84 Å². The van der Waals surface area contributed by atoms with Gasteiger partial charge in [0.2, 0.25) is 0 Å². The van der Waals surface area contributed by atoms with Crippen LogP contribution in [-0.2, 0) is 13.2 Å². The van der Waals surface area contributed by atoms with Crippen LogP contribution in [0.2, 0.25) is 0 Å². The Hall–Kier alpha value is -2.85. The fourth-order valence-electron chi connectivity index (χ4n) is 2.62. The smallest absolute Gasteiger partial charge is 0.123 e. The summed E-state index contributed by atoms with van der Waals surface area (Å²) in [6, 6.07) is 17.9. The maximum atomic E-state index is 9.24. The number of methoxy groups -OCH3 is 1.